The molecule has 114 valence electrons. The van der Waals surface area contributed by atoms with Crippen LogP contribution in [0.1, 0.15) is 32.6 Å². The quantitative estimate of drug-likeness (QED) is 0.663. The normalized spacial score (nSPS) is 29.2. The Labute approximate surface area is 119 Å². The fourth-order valence-corrected chi connectivity index (χ4v) is 4.67. The molecule has 2 aliphatic heterocycles. The van der Waals surface area contributed by atoms with Crippen LogP contribution in [0, 0.1) is 0 Å². The summed E-state index contributed by atoms with van der Waals surface area (Å²) in [5.41, 5.74) is 0. The number of piperazine rings is 1. The molecular weight excluding hydrogens is 282 g/mol. The number of sulfonamides is 1. The van der Waals surface area contributed by atoms with Crippen LogP contribution in [0.4, 0.5) is 0 Å². The largest absolute Gasteiger partial charge is 0.313 e. The van der Waals surface area contributed by atoms with E-state index in [1.807, 2.05) is 0 Å². The number of imide groups is 1. The van der Waals surface area contributed by atoms with Crippen LogP contribution in [0.3, 0.4) is 0 Å². The van der Waals surface area contributed by atoms with Crippen molar-refractivity contribution >= 4 is 21.8 Å². The molecule has 7 nitrogen and oxygen atoms in total. The number of nitrogens with zero attached hydrogens (tertiary/aromatic N) is 1. The van der Waals surface area contributed by atoms with E-state index in [4.69, 9.17) is 0 Å². The lowest BCUT2D eigenvalue weighted by Gasteiger charge is -2.34. The Morgan fingerprint density at radius 2 is 2.05 bits per heavy atom. The second-order valence-electron chi connectivity index (χ2n) is 5.31. The first-order valence-electron chi connectivity index (χ1n) is 7.00. The van der Waals surface area contributed by atoms with Crippen molar-refractivity contribution in [2.24, 2.45) is 0 Å². The summed E-state index contributed by atoms with van der Waals surface area (Å²) in [6.07, 6.45) is 3.23. The molecule has 2 unspecified atom stereocenters. The van der Waals surface area contributed by atoms with E-state index in [2.05, 4.69) is 10.6 Å². The minimum atomic E-state index is -3.62. The molecule has 0 aromatic carbocycles. The van der Waals surface area contributed by atoms with Crippen molar-refractivity contribution in [3.8, 4) is 0 Å². The van der Waals surface area contributed by atoms with Crippen molar-refractivity contribution in [3.63, 3.8) is 0 Å². The van der Waals surface area contributed by atoms with E-state index in [0.29, 0.717) is 6.42 Å². The fourth-order valence-electron chi connectivity index (χ4n) is 2.74. The number of rotatable bonds is 4. The molecule has 0 radical (unpaired) electrons. The lowest BCUT2D eigenvalue weighted by molar-refractivity contribution is -0.137. The summed E-state index contributed by atoms with van der Waals surface area (Å²) in [6, 6.07) is -0.868. The predicted molar refractivity (Wildman–Crippen MR) is 73.4 cm³/mol. The second kappa shape index (κ2) is 6.19. The first-order valence-corrected chi connectivity index (χ1v) is 8.61. The molecule has 2 heterocycles. The summed E-state index contributed by atoms with van der Waals surface area (Å²) in [4.78, 5) is 23.2. The minimum Gasteiger partial charge on any atom is -0.313 e. The highest BCUT2D eigenvalue weighted by atomic mass is 32.2. The summed E-state index contributed by atoms with van der Waals surface area (Å²) < 4.78 is 26.0. The summed E-state index contributed by atoms with van der Waals surface area (Å²) in [6.45, 7) is 2.29. The SMILES string of the molecule is CCC1C(=O)NC(=O)CN1S(=O)(=O)CC1CCCCN1. The van der Waals surface area contributed by atoms with Gasteiger partial charge >= 0.3 is 0 Å². The third-order valence-electron chi connectivity index (χ3n) is 3.78. The fraction of sp³-hybridized carbons (Fsp3) is 0.833. The molecule has 0 saturated carbocycles. The maximum absolute atomic E-state index is 12.5. The van der Waals surface area contributed by atoms with Gasteiger partial charge in [0.1, 0.15) is 6.04 Å². The molecule has 2 aliphatic rings. The van der Waals surface area contributed by atoms with Crippen LogP contribution < -0.4 is 10.6 Å². The van der Waals surface area contributed by atoms with Gasteiger partial charge in [-0.2, -0.15) is 4.31 Å². The van der Waals surface area contributed by atoms with Gasteiger partial charge < -0.3 is 5.32 Å². The molecule has 2 saturated heterocycles. The maximum Gasteiger partial charge on any atom is 0.245 e. The first-order chi connectivity index (χ1) is 9.44. The number of amides is 2. The van der Waals surface area contributed by atoms with Gasteiger partial charge in [0.2, 0.25) is 21.8 Å². The summed E-state index contributed by atoms with van der Waals surface area (Å²) >= 11 is 0. The summed E-state index contributed by atoms with van der Waals surface area (Å²) in [5, 5.41) is 5.36. The Kier molecular flexibility index (Phi) is 4.77. The molecule has 0 aromatic heterocycles. The number of piperidine rings is 1. The van der Waals surface area contributed by atoms with Gasteiger partial charge in [-0.25, -0.2) is 8.42 Å². The first kappa shape index (κ1) is 15.4. The zero-order valence-corrected chi connectivity index (χ0v) is 12.4. The van der Waals surface area contributed by atoms with Crippen LogP contribution in [0.15, 0.2) is 0 Å². The van der Waals surface area contributed by atoms with E-state index in [9.17, 15) is 18.0 Å². The highest BCUT2D eigenvalue weighted by molar-refractivity contribution is 7.89. The van der Waals surface area contributed by atoms with Crippen molar-refractivity contribution in [3.05, 3.63) is 0 Å². The predicted octanol–water partition coefficient (Wildman–Crippen LogP) is -0.805. The zero-order chi connectivity index (χ0) is 14.8. The van der Waals surface area contributed by atoms with E-state index in [-0.39, 0.29) is 18.3 Å². The number of hydrogen-bond donors (Lipinski definition) is 2. The van der Waals surface area contributed by atoms with Gasteiger partial charge in [0.25, 0.3) is 0 Å². The minimum absolute atomic E-state index is 0.0515. The molecule has 0 aromatic rings. The van der Waals surface area contributed by atoms with Gasteiger partial charge in [-0.1, -0.05) is 13.3 Å². The highest BCUT2D eigenvalue weighted by Crippen LogP contribution is 2.18. The van der Waals surface area contributed by atoms with Crippen molar-refractivity contribution in [1.29, 1.82) is 0 Å². The third kappa shape index (κ3) is 3.36. The molecule has 0 spiro atoms. The van der Waals surface area contributed by atoms with Crippen LogP contribution in [-0.4, -0.2) is 55.5 Å². The Morgan fingerprint density at radius 1 is 1.30 bits per heavy atom. The van der Waals surface area contributed by atoms with E-state index in [0.717, 1.165) is 30.1 Å². The van der Waals surface area contributed by atoms with Gasteiger partial charge in [-0.05, 0) is 25.8 Å². The monoisotopic (exact) mass is 303 g/mol. The van der Waals surface area contributed by atoms with E-state index in [1.54, 1.807) is 6.92 Å². The van der Waals surface area contributed by atoms with Crippen LogP contribution in [-0.2, 0) is 19.6 Å². The van der Waals surface area contributed by atoms with E-state index in [1.165, 1.54) is 0 Å². The second-order valence-corrected chi connectivity index (χ2v) is 7.27. The highest BCUT2D eigenvalue weighted by Gasteiger charge is 2.40. The van der Waals surface area contributed by atoms with Crippen LogP contribution in [0.25, 0.3) is 0 Å². The van der Waals surface area contributed by atoms with Crippen molar-refractivity contribution in [1.82, 2.24) is 14.9 Å². The molecular formula is C12H21N3O4S. The lowest BCUT2D eigenvalue weighted by atomic mass is 10.1. The van der Waals surface area contributed by atoms with Crippen LogP contribution in [0.5, 0.6) is 0 Å². The van der Waals surface area contributed by atoms with Gasteiger partial charge in [-0.3, -0.25) is 14.9 Å². The number of carbonyl (C=O) groups excluding carboxylic acids is 2. The number of carbonyl (C=O) groups is 2. The molecule has 2 N–H and O–H groups in total. The Balaban J connectivity index is 2.13. The molecule has 2 fully saturated rings. The average molecular weight is 303 g/mol. The number of hydrogen-bond acceptors (Lipinski definition) is 5. The van der Waals surface area contributed by atoms with Gasteiger partial charge in [0.15, 0.2) is 0 Å². The van der Waals surface area contributed by atoms with Gasteiger partial charge in [0, 0.05) is 6.04 Å². The van der Waals surface area contributed by atoms with Gasteiger partial charge in [0.05, 0.1) is 12.3 Å². The zero-order valence-electron chi connectivity index (χ0n) is 11.6. The summed E-state index contributed by atoms with van der Waals surface area (Å²) in [5.74, 6) is -1.13. The van der Waals surface area contributed by atoms with Crippen molar-refractivity contribution < 1.29 is 18.0 Å². The lowest BCUT2D eigenvalue weighted by Crippen LogP contribution is -2.60. The Bertz CT molecular complexity index is 485. The van der Waals surface area contributed by atoms with E-state index >= 15 is 0 Å². The molecule has 2 atom stereocenters. The molecule has 20 heavy (non-hydrogen) atoms. The standard InChI is InChI=1S/C12H21N3O4S/c1-2-10-12(17)14-11(16)7-15(10)20(18,19)8-9-5-3-4-6-13-9/h9-10,13H,2-8H2,1H3,(H,14,16,17). The van der Waals surface area contributed by atoms with Crippen molar-refractivity contribution in [2.45, 2.75) is 44.7 Å². The molecule has 0 aliphatic carbocycles. The average Bonchev–Trinajstić information content (AvgIpc) is 2.38. The smallest absolute Gasteiger partial charge is 0.245 e. The third-order valence-corrected chi connectivity index (χ3v) is 5.70. The van der Waals surface area contributed by atoms with Crippen LogP contribution >= 0.6 is 0 Å². The Hall–Kier alpha value is -0.990. The molecule has 8 heteroatoms. The topological polar surface area (TPSA) is 95.6 Å². The molecule has 0 bridgehead atoms. The molecule has 2 amide bonds. The van der Waals surface area contributed by atoms with Gasteiger partial charge in [-0.15, -0.1) is 0 Å². The maximum atomic E-state index is 12.5. The van der Waals surface area contributed by atoms with Crippen LogP contribution in [0.2, 0.25) is 0 Å². The van der Waals surface area contributed by atoms with Crippen molar-refractivity contribution in [2.75, 3.05) is 18.8 Å². The Morgan fingerprint density at radius 3 is 2.65 bits per heavy atom. The summed E-state index contributed by atoms with van der Waals surface area (Å²) in [7, 11) is -3.62. The number of nitrogens with one attached hydrogen (secondary N) is 2. The van der Waals surface area contributed by atoms with E-state index < -0.39 is 27.9 Å². The molecule has 2 rings (SSSR count).